The molecule has 0 amide bonds. The molecule has 1 saturated heterocycles. The van der Waals surface area contributed by atoms with Crippen LogP contribution in [0.5, 0.6) is 0 Å². The van der Waals surface area contributed by atoms with Crippen molar-refractivity contribution in [2.45, 2.75) is 35.9 Å². The highest BCUT2D eigenvalue weighted by atomic mass is 32.2. The highest BCUT2D eigenvalue weighted by Crippen LogP contribution is 2.42. The molecule has 42 heavy (non-hydrogen) atoms. The van der Waals surface area contributed by atoms with Crippen LogP contribution in [0, 0.1) is 17.5 Å². The molecule has 0 aliphatic carbocycles. The van der Waals surface area contributed by atoms with Gasteiger partial charge in [0.1, 0.15) is 30.1 Å². The Morgan fingerprint density at radius 2 is 2.02 bits per heavy atom. The first kappa shape index (κ1) is 31.2. The third kappa shape index (κ3) is 7.73. The summed E-state index contributed by atoms with van der Waals surface area (Å²) in [6.07, 6.45) is 8.71. The zero-order valence-electron chi connectivity index (χ0n) is 22.7. The van der Waals surface area contributed by atoms with E-state index in [4.69, 9.17) is 19.9 Å². The van der Waals surface area contributed by atoms with Crippen LogP contribution in [0.25, 0.3) is 6.08 Å². The summed E-state index contributed by atoms with van der Waals surface area (Å²) in [5.74, 6) is -2.84. The van der Waals surface area contributed by atoms with Crippen molar-refractivity contribution in [3.05, 3.63) is 95.9 Å². The fraction of sp³-hybridized carbons (Fsp3) is 0.310. The lowest BCUT2D eigenvalue weighted by molar-refractivity contribution is -0.161. The topological polar surface area (TPSA) is 114 Å². The molecule has 13 heteroatoms. The number of allylic oxidation sites excluding steroid dienone is 2. The summed E-state index contributed by atoms with van der Waals surface area (Å²) in [4.78, 5) is 20.1. The van der Waals surface area contributed by atoms with E-state index in [9.17, 15) is 13.6 Å². The standard InChI is InChI=1S/C29H30F3N5O4S/c1-19(29(41-27(38)13-33,16-37-18-35-17-36-37)24-10-8-21(30)11-26(24)32)42-23-14-39-28(40-15-23)6-4-3-5-20-7-9-22(34-2)12-25(20)31/h3-12,17-19,23,28H,2,13-16,33H2,1H3/b5-3+,6-4+. The van der Waals surface area contributed by atoms with Crippen LogP contribution in [-0.4, -0.2) is 64.0 Å². The second kappa shape index (κ2) is 14.4. The average Bonchev–Trinajstić information content (AvgIpc) is 3.49. The predicted molar refractivity (Wildman–Crippen MR) is 154 cm³/mol. The molecule has 1 aliphatic rings. The lowest BCUT2D eigenvalue weighted by atomic mass is 9.89. The van der Waals surface area contributed by atoms with E-state index in [0.717, 1.165) is 12.1 Å². The fourth-order valence-corrected chi connectivity index (χ4v) is 5.75. The van der Waals surface area contributed by atoms with E-state index in [-0.39, 0.29) is 30.6 Å². The highest BCUT2D eigenvalue weighted by molar-refractivity contribution is 8.00. The van der Waals surface area contributed by atoms with Crippen LogP contribution in [0.3, 0.4) is 0 Å². The first-order valence-corrected chi connectivity index (χ1v) is 13.9. The van der Waals surface area contributed by atoms with Crippen molar-refractivity contribution in [3.63, 3.8) is 0 Å². The molecule has 2 N–H and O–H groups in total. The van der Waals surface area contributed by atoms with Gasteiger partial charge >= 0.3 is 5.97 Å². The first-order valence-electron chi connectivity index (χ1n) is 12.9. The Morgan fingerprint density at radius 1 is 1.24 bits per heavy atom. The van der Waals surface area contributed by atoms with Crippen LogP contribution in [0.2, 0.25) is 0 Å². The Balaban J connectivity index is 1.45. The van der Waals surface area contributed by atoms with Crippen LogP contribution in [-0.2, 0) is 31.2 Å². The number of aromatic nitrogens is 3. The number of carbonyl (C=O) groups is 1. The number of halogens is 3. The van der Waals surface area contributed by atoms with Crippen molar-refractivity contribution in [2.75, 3.05) is 19.8 Å². The van der Waals surface area contributed by atoms with Gasteiger partial charge in [-0.15, -0.1) is 11.8 Å². The van der Waals surface area contributed by atoms with Crippen molar-refractivity contribution < 1.29 is 32.2 Å². The SMILES string of the molecule is C=Nc1ccc(/C=C/C=C/C2OCC(SC(C)C(Cn3cncn3)(OC(=O)CN)c3ccc(F)cc3F)CO2)c(F)c1. The molecule has 0 spiro atoms. The molecule has 0 saturated carbocycles. The molecule has 1 fully saturated rings. The van der Waals surface area contributed by atoms with Crippen LogP contribution >= 0.6 is 11.8 Å². The number of thioether (sulfide) groups is 1. The number of nitrogens with zero attached hydrogens (tertiary/aromatic N) is 4. The number of esters is 1. The second-order valence-electron chi connectivity index (χ2n) is 9.33. The predicted octanol–water partition coefficient (Wildman–Crippen LogP) is 4.56. The highest BCUT2D eigenvalue weighted by Gasteiger charge is 2.46. The minimum atomic E-state index is -1.62. The van der Waals surface area contributed by atoms with Crippen molar-refractivity contribution in [2.24, 2.45) is 10.7 Å². The number of benzene rings is 2. The van der Waals surface area contributed by atoms with E-state index >= 15 is 4.39 Å². The van der Waals surface area contributed by atoms with E-state index in [0.29, 0.717) is 11.3 Å². The number of ether oxygens (including phenoxy) is 3. The van der Waals surface area contributed by atoms with Gasteiger partial charge in [0.2, 0.25) is 0 Å². The maximum absolute atomic E-state index is 15.2. The molecule has 3 aromatic rings. The maximum Gasteiger partial charge on any atom is 0.320 e. The van der Waals surface area contributed by atoms with Gasteiger partial charge in [-0.05, 0) is 44.0 Å². The van der Waals surface area contributed by atoms with E-state index < -0.39 is 47.1 Å². The van der Waals surface area contributed by atoms with Crippen LogP contribution in [0.15, 0.2) is 72.3 Å². The summed E-state index contributed by atoms with van der Waals surface area (Å²) in [6.45, 7) is 5.14. The average molecular weight is 602 g/mol. The Kier molecular flexibility index (Phi) is 10.7. The molecule has 2 heterocycles. The van der Waals surface area contributed by atoms with Gasteiger partial charge < -0.3 is 19.9 Å². The normalized spacial score (nSPS) is 19.5. The number of nitrogens with two attached hydrogens (primary N) is 1. The van der Waals surface area contributed by atoms with Gasteiger partial charge in [-0.3, -0.25) is 9.79 Å². The zero-order valence-corrected chi connectivity index (χ0v) is 23.6. The van der Waals surface area contributed by atoms with Gasteiger partial charge in [0, 0.05) is 28.5 Å². The van der Waals surface area contributed by atoms with Gasteiger partial charge in [0.15, 0.2) is 11.9 Å². The van der Waals surface area contributed by atoms with Crippen LogP contribution < -0.4 is 5.73 Å². The number of hydrogen-bond donors (Lipinski definition) is 1. The Morgan fingerprint density at radius 3 is 2.67 bits per heavy atom. The third-order valence-electron chi connectivity index (χ3n) is 6.48. The van der Waals surface area contributed by atoms with Gasteiger partial charge in [-0.2, -0.15) is 5.10 Å². The lowest BCUT2D eigenvalue weighted by Gasteiger charge is -2.40. The molecule has 2 atom stereocenters. The van der Waals surface area contributed by atoms with E-state index in [1.54, 1.807) is 43.4 Å². The quantitative estimate of drug-likeness (QED) is 0.183. The smallest absolute Gasteiger partial charge is 0.320 e. The molecule has 1 aromatic heterocycles. The maximum atomic E-state index is 15.2. The van der Waals surface area contributed by atoms with Crippen molar-refractivity contribution >= 4 is 36.2 Å². The van der Waals surface area contributed by atoms with Gasteiger partial charge in [-0.25, -0.2) is 22.8 Å². The fourth-order valence-electron chi connectivity index (χ4n) is 4.39. The van der Waals surface area contributed by atoms with Gasteiger partial charge in [0.05, 0.1) is 37.2 Å². The number of hydrogen-bond acceptors (Lipinski definition) is 9. The molecule has 0 radical (unpaired) electrons. The van der Waals surface area contributed by atoms with Crippen LogP contribution in [0.1, 0.15) is 18.1 Å². The van der Waals surface area contributed by atoms with E-state index in [2.05, 4.69) is 21.8 Å². The number of carbonyl (C=O) groups excluding carboxylic acids is 1. The molecule has 1 aliphatic heterocycles. The molecule has 2 aromatic carbocycles. The van der Waals surface area contributed by atoms with Crippen molar-refractivity contribution in [3.8, 4) is 0 Å². The lowest BCUT2D eigenvalue weighted by Crippen LogP contribution is -2.48. The van der Waals surface area contributed by atoms with Gasteiger partial charge in [-0.1, -0.05) is 18.2 Å². The zero-order chi connectivity index (χ0) is 30.1. The molecular formula is C29H30F3N5O4S. The molecule has 2 unspecified atom stereocenters. The molecule has 9 nitrogen and oxygen atoms in total. The molecule has 0 bridgehead atoms. The number of aliphatic imine (C=N–C) groups is 1. The number of rotatable bonds is 12. The minimum Gasteiger partial charge on any atom is -0.450 e. The summed E-state index contributed by atoms with van der Waals surface area (Å²) >= 11 is 1.36. The first-order chi connectivity index (χ1) is 20.2. The molecule has 4 rings (SSSR count). The summed E-state index contributed by atoms with van der Waals surface area (Å²) in [5, 5.41) is 3.28. The van der Waals surface area contributed by atoms with Crippen LogP contribution in [0.4, 0.5) is 18.9 Å². The second-order valence-corrected chi connectivity index (χ2v) is 11.0. The molecular weight excluding hydrogens is 571 g/mol. The third-order valence-corrected chi connectivity index (χ3v) is 7.93. The van der Waals surface area contributed by atoms with E-state index in [1.807, 2.05) is 0 Å². The molecule has 222 valence electrons. The Bertz CT molecular complexity index is 1430. The summed E-state index contributed by atoms with van der Waals surface area (Å²) in [5.41, 5.74) is 4.74. The minimum absolute atomic E-state index is 0.0294. The van der Waals surface area contributed by atoms with E-state index in [1.165, 1.54) is 41.2 Å². The largest absolute Gasteiger partial charge is 0.450 e. The van der Waals surface area contributed by atoms with Gasteiger partial charge in [0.25, 0.3) is 0 Å². The van der Waals surface area contributed by atoms with Crippen molar-refractivity contribution in [1.29, 1.82) is 0 Å². The Hall–Kier alpha value is -3.78. The Labute approximate surface area is 245 Å². The monoisotopic (exact) mass is 601 g/mol. The van der Waals surface area contributed by atoms with Crippen molar-refractivity contribution in [1.82, 2.24) is 14.8 Å². The summed E-state index contributed by atoms with van der Waals surface area (Å²) in [7, 11) is 0. The summed E-state index contributed by atoms with van der Waals surface area (Å²) in [6, 6.07) is 7.65. The summed E-state index contributed by atoms with van der Waals surface area (Å²) < 4.78 is 62.1.